The van der Waals surface area contributed by atoms with Gasteiger partial charge in [0.25, 0.3) is 11.6 Å². The van der Waals surface area contributed by atoms with Crippen LogP contribution in [0.5, 0.6) is 0 Å². The number of primary amides is 1. The van der Waals surface area contributed by atoms with Crippen LogP contribution in [0.3, 0.4) is 0 Å². The maximum Gasteiger partial charge on any atom is 0.338 e. The first-order valence-electron chi connectivity index (χ1n) is 10.1. The lowest BCUT2D eigenvalue weighted by molar-refractivity contribution is -0.384. The molecule has 1 unspecified atom stereocenters. The van der Waals surface area contributed by atoms with Crippen molar-refractivity contribution in [3.63, 3.8) is 0 Å². The number of esters is 1. The fourth-order valence-electron chi connectivity index (χ4n) is 3.45. The third kappa shape index (κ3) is 5.36. The fraction of sp³-hybridized carbons (Fsp3) is 0.333. The van der Waals surface area contributed by atoms with Gasteiger partial charge in [-0.2, -0.15) is 0 Å². The van der Waals surface area contributed by atoms with E-state index in [1.54, 1.807) is 19.1 Å². The van der Waals surface area contributed by atoms with Gasteiger partial charge < -0.3 is 20.7 Å². The lowest BCUT2D eigenvalue weighted by Crippen LogP contribution is -2.41. The van der Waals surface area contributed by atoms with Gasteiger partial charge in [0.05, 0.1) is 34.9 Å². The topological polar surface area (TPSA) is 158 Å². The fourth-order valence-corrected chi connectivity index (χ4v) is 3.45. The number of hydrogen-bond acceptors (Lipinski definition) is 8. The Morgan fingerprint density at radius 2 is 2.03 bits per heavy atom. The van der Waals surface area contributed by atoms with Gasteiger partial charge in [0.15, 0.2) is 0 Å². The number of anilines is 2. The average Bonchev–Trinajstić information content (AvgIpc) is 2.79. The second kappa shape index (κ2) is 9.86. The molecule has 0 bridgehead atoms. The first-order valence-corrected chi connectivity index (χ1v) is 10.1. The largest absolute Gasteiger partial charge is 0.462 e. The molecule has 0 aliphatic carbocycles. The molecule has 0 radical (unpaired) electrons. The van der Waals surface area contributed by atoms with Crippen LogP contribution in [0.2, 0.25) is 0 Å². The number of nitrogens with one attached hydrogen (secondary N) is 1. The summed E-state index contributed by atoms with van der Waals surface area (Å²) in [5, 5.41) is 13.8. The highest BCUT2D eigenvalue weighted by molar-refractivity contribution is 6.06. The molecule has 1 saturated heterocycles. The first-order chi connectivity index (χ1) is 15.3. The van der Waals surface area contributed by atoms with Crippen LogP contribution in [0.15, 0.2) is 36.5 Å². The van der Waals surface area contributed by atoms with E-state index in [2.05, 4.69) is 10.3 Å². The maximum atomic E-state index is 12.7. The molecule has 2 aromatic rings. The van der Waals surface area contributed by atoms with E-state index in [1.165, 1.54) is 12.3 Å². The third-order valence-corrected chi connectivity index (χ3v) is 5.06. The maximum absolute atomic E-state index is 12.7. The molecule has 11 heteroatoms. The predicted octanol–water partition coefficient (Wildman–Crippen LogP) is 2.12. The van der Waals surface area contributed by atoms with Gasteiger partial charge in [0.2, 0.25) is 5.91 Å². The molecule has 1 fully saturated rings. The highest BCUT2D eigenvalue weighted by Gasteiger charge is 2.25. The number of non-ortho nitro benzene ring substituents is 1. The van der Waals surface area contributed by atoms with E-state index in [0.29, 0.717) is 18.1 Å². The Bertz CT molecular complexity index is 1040. The van der Waals surface area contributed by atoms with Crippen LogP contribution in [0.4, 0.5) is 17.2 Å². The van der Waals surface area contributed by atoms with E-state index in [1.807, 2.05) is 4.90 Å². The number of hydrogen-bond donors (Lipinski definition) is 2. The van der Waals surface area contributed by atoms with Crippen molar-refractivity contribution in [2.75, 3.05) is 29.9 Å². The number of rotatable bonds is 7. The number of aromatic nitrogens is 1. The van der Waals surface area contributed by atoms with Crippen LogP contribution in [0.25, 0.3) is 0 Å². The van der Waals surface area contributed by atoms with Gasteiger partial charge in [-0.15, -0.1) is 0 Å². The Morgan fingerprint density at radius 3 is 2.66 bits per heavy atom. The second-order valence-electron chi connectivity index (χ2n) is 7.29. The molecule has 2 amide bonds. The summed E-state index contributed by atoms with van der Waals surface area (Å²) in [6.07, 6.45) is 3.02. The summed E-state index contributed by atoms with van der Waals surface area (Å²) >= 11 is 0. The Hall–Kier alpha value is -4.02. The number of nitrogens with two attached hydrogens (primary N) is 1. The van der Waals surface area contributed by atoms with Gasteiger partial charge in [-0.25, -0.2) is 9.78 Å². The molecule has 32 heavy (non-hydrogen) atoms. The lowest BCUT2D eigenvalue weighted by atomic mass is 9.97. The molecule has 1 aliphatic rings. The minimum atomic E-state index is -0.757. The van der Waals surface area contributed by atoms with Crippen molar-refractivity contribution >= 4 is 35.0 Å². The Labute approximate surface area is 183 Å². The normalized spacial score (nSPS) is 15.7. The van der Waals surface area contributed by atoms with Crippen molar-refractivity contribution < 1.29 is 24.0 Å². The quantitative estimate of drug-likeness (QED) is 0.376. The standard InChI is InChI=1S/C21H23N5O6/c1-2-32-21(29)15-8-14(9-17(10-15)26(30)31)20(28)24-16-5-6-18(23-11-16)25-7-3-4-13(12-25)19(22)27/h5-6,8-11,13H,2-4,7,12H2,1H3,(H2,22,27)(H,24,28). The minimum Gasteiger partial charge on any atom is -0.462 e. The molecule has 3 N–H and O–H groups in total. The number of nitro groups is 1. The van der Waals surface area contributed by atoms with Crippen molar-refractivity contribution in [3.8, 4) is 0 Å². The summed E-state index contributed by atoms with van der Waals surface area (Å²) in [5.74, 6) is -1.31. The number of benzene rings is 1. The highest BCUT2D eigenvalue weighted by Crippen LogP contribution is 2.23. The molecule has 1 atom stereocenters. The van der Waals surface area contributed by atoms with Gasteiger partial charge in [-0.1, -0.05) is 0 Å². The molecule has 1 aromatic heterocycles. The van der Waals surface area contributed by atoms with Crippen molar-refractivity contribution in [3.05, 3.63) is 57.8 Å². The zero-order chi connectivity index (χ0) is 23.3. The summed E-state index contributed by atoms with van der Waals surface area (Å²) < 4.78 is 4.87. The smallest absolute Gasteiger partial charge is 0.338 e. The van der Waals surface area contributed by atoms with Crippen LogP contribution in [0.1, 0.15) is 40.5 Å². The van der Waals surface area contributed by atoms with Crippen LogP contribution in [-0.4, -0.2) is 47.4 Å². The number of ether oxygens (including phenoxy) is 1. The summed E-state index contributed by atoms with van der Waals surface area (Å²) in [4.78, 5) is 52.9. The van der Waals surface area contributed by atoms with E-state index < -0.39 is 22.5 Å². The third-order valence-electron chi connectivity index (χ3n) is 5.06. The minimum absolute atomic E-state index is 0.0633. The van der Waals surface area contributed by atoms with Crippen molar-refractivity contribution in [1.82, 2.24) is 4.98 Å². The van der Waals surface area contributed by atoms with E-state index in [4.69, 9.17) is 10.5 Å². The molecular weight excluding hydrogens is 418 g/mol. The number of piperidine rings is 1. The van der Waals surface area contributed by atoms with E-state index in [-0.39, 0.29) is 29.6 Å². The number of nitro benzene ring substituents is 1. The van der Waals surface area contributed by atoms with Crippen LogP contribution >= 0.6 is 0 Å². The van der Waals surface area contributed by atoms with Crippen molar-refractivity contribution in [2.24, 2.45) is 11.7 Å². The molecule has 3 rings (SSSR count). The zero-order valence-corrected chi connectivity index (χ0v) is 17.4. The van der Waals surface area contributed by atoms with Crippen LogP contribution in [-0.2, 0) is 9.53 Å². The molecule has 1 aromatic carbocycles. The molecule has 2 heterocycles. The molecule has 11 nitrogen and oxygen atoms in total. The predicted molar refractivity (Wildman–Crippen MR) is 115 cm³/mol. The van der Waals surface area contributed by atoms with Crippen LogP contribution < -0.4 is 16.0 Å². The van der Waals surface area contributed by atoms with E-state index in [9.17, 15) is 24.5 Å². The summed E-state index contributed by atoms with van der Waals surface area (Å²) in [7, 11) is 0. The van der Waals surface area contributed by atoms with Gasteiger partial charge in [-0.05, 0) is 38.0 Å². The lowest BCUT2D eigenvalue weighted by Gasteiger charge is -2.32. The van der Waals surface area contributed by atoms with Gasteiger partial charge in [-0.3, -0.25) is 19.7 Å². The molecule has 1 aliphatic heterocycles. The van der Waals surface area contributed by atoms with Crippen LogP contribution in [0, 0.1) is 16.0 Å². The number of nitrogens with zero attached hydrogens (tertiary/aromatic N) is 3. The average molecular weight is 441 g/mol. The van der Waals surface area contributed by atoms with Crippen molar-refractivity contribution in [2.45, 2.75) is 19.8 Å². The van der Waals surface area contributed by atoms with E-state index >= 15 is 0 Å². The molecule has 0 saturated carbocycles. The number of carbonyl (C=O) groups is 3. The Balaban J connectivity index is 1.75. The van der Waals surface area contributed by atoms with E-state index in [0.717, 1.165) is 31.5 Å². The Kier molecular flexibility index (Phi) is 6.98. The summed E-state index contributed by atoms with van der Waals surface area (Å²) in [6.45, 7) is 2.93. The SMILES string of the molecule is CCOC(=O)c1cc(C(=O)Nc2ccc(N3CCCC(C(N)=O)C3)nc2)cc([N+](=O)[O-])c1. The first kappa shape index (κ1) is 22.7. The monoisotopic (exact) mass is 441 g/mol. The molecular formula is C21H23N5O6. The van der Waals surface area contributed by atoms with Gasteiger partial charge in [0, 0.05) is 30.8 Å². The molecule has 0 spiro atoms. The number of amides is 2. The highest BCUT2D eigenvalue weighted by atomic mass is 16.6. The molecule has 168 valence electrons. The van der Waals surface area contributed by atoms with Crippen molar-refractivity contribution in [1.29, 1.82) is 0 Å². The number of pyridine rings is 1. The zero-order valence-electron chi connectivity index (χ0n) is 17.4. The van der Waals surface area contributed by atoms with Gasteiger partial charge >= 0.3 is 5.97 Å². The number of carbonyl (C=O) groups excluding carboxylic acids is 3. The van der Waals surface area contributed by atoms with Gasteiger partial charge in [0.1, 0.15) is 5.82 Å². The summed E-state index contributed by atoms with van der Waals surface area (Å²) in [6, 6.07) is 6.72. The summed E-state index contributed by atoms with van der Waals surface area (Å²) in [5.41, 5.74) is 5.23. The Morgan fingerprint density at radius 1 is 1.28 bits per heavy atom. The second-order valence-corrected chi connectivity index (χ2v) is 7.29.